The van der Waals surface area contributed by atoms with E-state index in [1.165, 1.54) is 32.4 Å². The number of likely N-dealkylation sites (tertiary alicyclic amines) is 1. The van der Waals surface area contributed by atoms with Crippen LogP contribution in [0, 0.1) is 0 Å². The van der Waals surface area contributed by atoms with E-state index in [4.69, 9.17) is 4.74 Å². The molecule has 0 radical (unpaired) electrons. The fourth-order valence-electron chi connectivity index (χ4n) is 3.66. The minimum atomic E-state index is -0.315. The Morgan fingerprint density at radius 2 is 1.93 bits per heavy atom. The van der Waals surface area contributed by atoms with Crippen molar-refractivity contribution in [3.8, 4) is 11.6 Å². The lowest BCUT2D eigenvalue weighted by atomic mass is 10.1. The third-order valence-electron chi connectivity index (χ3n) is 5.46. The molecule has 164 valence electrons. The van der Waals surface area contributed by atoms with Crippen LogP contribution in [0.4, 0.5) is 5.95 Å². The van der Waals surface area contributed by atoms with E-state index in [-0.39, 0.29) is 17.0 Å². The van der Waals surface area contributed by atoms with E-state index in [0.29, 0.717) is 25.5 Å². The quantitative estimate of drug-likeness (QED) is 0.487. The maximum atomic E-state index is 12.5. The average Bonchev–Trinajstić information content (AvgIpc) is 2.76. The van der Waals surface area contributed by atoms with Crippen LogP contribution >= 0.6 is 0 Å². The third-order valence-corrected chi connectivity index (χ3v) is 5.46. The second-order valence-corrected chi connectivity index (χ2v) is 7.92. The van der Waals surface area contributed by atoms with Gasteiger partial charge in [0.1, 0.15) is 5.75 Å². The molecular formula is C23H34N4O3. The highest BCUT2D eigenvalue weighted by atomic mass is 16.5. The number of nitrogens with one attached hydrogen (secondary N) is 2. The van der Waals surface area contributed by atoms with Crippen molar-refractivity contribution in [1.82, 2.24) is 14.9 Å². The van der Waals surface area contributed by atoms with Crippen molar-refractivity contribution in [1.29, 1.82) is 0 Å². The Morgan fingerprint density at radius 3 is 2.63 bits per heavy atom. The molecule has 3 rings (SSSR count). The Bertz CT molecular complexity index is 829. The zero-order chi connectivity index (χ0) is 21.2. The molecule has 7 nitrogen and oxygen atoms in total. The van der Waals surface area contributed by atoms with Crippen LogP contribution < -0.4 is 15.6 Å². The minimum Gasteiger partial charge on any atom is -0.494 e. The first-order valence-corrected chi connectivity index (χ1v) is 11.2. The Kier molecular flexibility index (Phi) is 8.56. The number of anilines is 1. The second kappa shape index (κ2) is 11.6. The van der Waals surface area contributed by atoms with Crippen molar-refractivity contribution in [2.45, 2.75) is 51.9 Å². The lowest BCUT2D eigenvalue weighted by molar-refractivity contribution is 0.228. The first kappa shape index (κ1) is 22.2. The molecule has 0 bridgehead atoms. The lowest BCUT2D eigenvalue weighted by Gasteiger charge is -2.26. The van der Waals surface area contributed by atoms with Gasteiger partial charge in [0.05, 0.1) is 12.2 Å². The molecule has 0 spiro atoms. The molecule has 30 heavy (non-hydrogen) atoms. The molecule has 1 fully saturated rings. The number of unbranched alkanes of at least 4 members (excludes halogenated alkanes) is 1. The van der Waals surface area contributed by atoms with Gasteiger partial charge in [-0.2, -0.15) is 4.98 Å². The first-order valence-electron chi connectivity index (χ1n) is 11.2. The largest absolute Gasteiger partial charge is 0.494 e. The molecule has 2 heterocycles. The van der Waals surface area contributed by atoms with Crippen LogP contribution in [0.1, 0.15) is 56.6 Å². The number of rotatable bonds is 11. The Balaban J connectivity index is 1.50. The van der Waals surface area contributed by atoms with Gasteiger partial charge in [-0.25, -0.2) is 0 Å². The van der Waals surface area contributed by atoms with Crippen LogP contribution in [0.3, 0.4) is 0 Å². The van der Waals surface area contributed by atoms with Gasteiger partial charge >= 0.3 is 0 Å². The number of hydrogen-bond donors (Lipinski definition) is 3. The van der Waals surface area contributed by atoms with Gasteiger partial charge in [-0.05, 0) is 63.0 Å². The maximum Gasteiger partial charge on any atom is 0.259 e. The van der Waals surface area contributed by atoms with Gasteiger partial charge in [0.2, 0.25) is 11.8 Å². The predicted octanol–water partition coefficient (Wildman–Crippen LogP) is 3.53. The van der Waals surface area contributed by atoms with Crippen LogP contribution in [0.25, 0.3) is 0 Å². The Hall–Kier alpha value is -2.54. The van der Waals surface area contributed by atoms with Gasteiger partial charge < -0.3 is 20.1 Å². The summed E-state index contributed by atoms with van der Waals surface area (Å²) in [5.74, 6) is 0.910. The zero-order valence-electron chi connectivity index (χ0n) is 18.0. The number of aromatic nitrogens is 2. The SMILES string of the molecule is CCCCOc1ccc(Cc2c(O)nc(NCCCN3CCCCC3)[nH]c2=O)cc1. The van der Waals surface area contributed by atoms with Crippen molar-refractivity contribution in [2.75, 3.05) is 38.1 Å². The van der Waals surface area contributed by atoms with E-state index in [2.05, 4.69) is 27.1 Å². The molecule has 0 atom stereocenters. The summed E-state index contributed by atoms with van der Waals surface area (Å²) in [7, 11) is 0. The van der Waals surface area contributed by atoms with Crippen molar-refractivity contribution >= 4 is 5.95 Å². The van der Waals surface area contributed by atoms with Gasteiger partial charge in [-0.1, -0.05) is 31.9 Å². The summed E-state index contributed by atoms with van der Waals surface area (Å²) in [5.41, 5.74) is 0.875. The van der Waals surface area contributed by atoms with Crippen LogP contribution in [0.15, 0.2) is 29.1 Å². The zero-order valence-corrected chi connectivity index (χ0v) is 18.0. The standard InChI is InChI=1S/C23H34N4O3/c1-2-3-16-30-19-10-8-18(9-11-19)17-20-21(28)25-23(26-22(20)29)24-12-7-15-27-13-5-4-6-14-27/h8-11H,2-7,12-17H2,1H3,(H3,24,25,26,28,29). The Morgan fingerprint density at radius 1 is 1.17 bits per heavy atom. The lowest BCUT2D eigenvalue weighted by Crippen LogP contribution is -2.31. The van der Waals surface area contributed by atoms with Gasteiger partial charge in [0.15, 0.2) is 0 Å². The number of nitrogens with zero attached hydrogens (tertiary/aromatic N) is 2. The van der Waals surface area contributed by atoms with Gasteiger partial charge in [-0.15, -0.1) is 0 Å². The molecule has 0 amide bonds. The highest BCUT2D eigenvalue weighted by Crippen LogP contribution is 2.18. The topological polar surface area (TPSA) is 90.5 Å². The summed E-state index contributed by atoms with van der Waals surface area (Å²) in [4.78, 5) is 21.8. The molecule has 1 aliphatic heterocycles. The fourth-order valence-corrected chi connectivity index (χ4v) is 3.66. The van der Waals surface area contributed by atoms with Crippen molar-refractivity contribution in [2.24, 2.45) is 0 Å². The first-order chi connectivity index (χ1) is 14.7. The maximum absolute atomic E-state index is 12.5. The number of hydrogen-bond acceptors (Lipinski definition) is 6. The summed E-state index contributed by atoms with van der Waals surface area (Å²) in [6.07, 6.45) is 7.31. The highest BCUT2D eigenvalue weighted by Gasteiger charge is 2.12. The van der Waals surface area contributed by atoms with Crippen LogP contribution in [0.2, 0.25) is 0 Å². The molecule has 1 aromatic carbocycles. The molecular weight excluding hydrogens is 380 g/mol. The number of ether oxygens (including phenoxy) is 1. The van der Waals surface area contributed by atoms with Crippen molar-refractivity contribution < 1.29 is 9.84 Å². The van der Waals surface area contributed by atoms with E-state index in [1.54, 1.807) is 0 Å². The average molecular weight is 415 g/mol. The highest BCUT2D eigenvalue weighted by molar-refractivity contribution is 5.37. The molecule has 0 unspecified atom stereocenters. The molecule has 1 saturated heterocycles. The van der Waals surface area contributed by atoms with Crippen LogP contribution in [-0.2, 0) is 6.42 Å². The van der Waals surface area contributed by atoms with Crippen molar-refractivity contribution in [3.63, 3.8) is 0 Å². The monoisotopic (exact) mass is 414 g/mol. The van der Waals surface area contributed by atoms with E-state index in [1.807, 2.05) is 24.3 Å². The summed E-state index contributed by atoms with van der Waals surface area (Å²) >= 11 is 0. The van der Waals surface area contributed by atoms with Crippen LogP contribution in [-0.4, -0.2) is 52.8 Å². The van der Waals surface area contributed by atoms with Gasteiger partial charge in [0.25, 0.3) is 5.56 Å². The van der Waals surface area contributed by atoms with Gasteiger partial charge in [0, 0.05) is 13.0 Å². The third kappa shape index (κ3) is 6.76. The number of benzene rings is 1. The summed E-state index contributed by atoms with van der Waals surface area (Å²) in [6.45, 7) is 6.93. The molecule has 2 aromatic rings. The molecule has 7 heteroatoms. The summed E-state index contributed by atoms with van der Waals surface area (Å²) in [6, 6.07) is 7.60. The number of piperidine rings is 1. The molecule has 1 aliphatic rings. The molecule has 0 aliphatic carbocycles. The van der Waals surface area contributed by atoms with E-state index in [0.717, 1.165) is 37.1 Å². The number of H-pyrrole nitrogens is 1. The van der Waals surface area contributed by atoms with Crippen LogP contribution in [0.5, 0.6) is 11.6 Å². The molecule has 1 aromatic heterocycles. The van der Waals surface area contributed by atoms with E-state index < -0.39 is 0 Å². The van der Waals surface area contributed by atoms with Gasteiger partial charge in [-0.3, -0.25) is 9.78 Å². The fraction of sp³-hybridized carbons (Fsp3) is 0.565. The number of aromatic amines is 1. The summed E-state index contributed by atoms with van der Waals surface area (Å²) < 4.78 is 5.66. The predicted molar refractivity (Wildman–Crippen MR) is 120 cm³/mol. The minimum absolute atomic E-state index is 0.222. The Labute approximate surface area is 178 Å². The van der Waals surface area contributed by atoms with Crippen molar-refractivity contribution in [3.05, 3.63) is 45.7 Å². The van der Waals surface area contributed by atoms with E-state index in [9.17, 15) is 9.90 Å². The second-order valence-electron chi connectivity index (χ2n) is 7.92. The summed E-state index contributed by atoms with van der Waals surface area (Å²) in [5, 5.41) is 13.4. The molecule has 3 N–H and O–H groups in total. The smallest absolute Gasteiger partial charge is 0.259 e. The normalized spacial score (nSPS) is 14.6. The number of aromatic hydroxyl groups is 1. The molecule has 0 saturated carbocycles. The van der Waals surface area contributed by atoms with E-state index >= 15 is 0 Å².